The van der Waals surface area contributed by atoms with E-state index in [-0.39, 0.29) is 22.4 Å². The van der Waals surface area contributed by atoms with Gasteiger partial charge in [-0.25, -0.2) is 4.79 Å². The van der Waals surface area contributed by atoms with E-state index in [1.165, 1.54) is 6.07 Å². The summed E-state index contributed by atoms with van der Waals surface area (Å²) >= 11 is 0. The highest BCUT2D eigenvalue weighted by Crippen LogP contribution is 2.37. The number of esters is 1. The van der Waals surface area contributed by atoms with Crippen LogP contribution in [-0.2, 0) is 14.9 Å². The summed E-state index contributed by atoms with van der Waals surface area (Å²) in [6.07, 6.45) is 4.81. The molecule has 0 aromatic heterocycles. The average molecular weight is 447 g/mol. The Hall–Kier alpha value is -2.38. The van der Waals surface area contributed by atoms with Gasteiger partial charge in [-0.3, -0.25) is 4.55 Å². The van der Waals surface area contributed by atoms with Crippen LogP contribution in [0.3, 0.4) is 0 Å². The first-order valence-corrected chi connectivity index (χ1v) is 12.1. The Balaban J connectivity index is 1.79. The van der Waals surface area contributed by atoms with Gasteiger partial charge in [-0.2, -0.15) is 8.42 Å². The fraction of sp³-hybridized carbons (Fsp3) is 0.458. The van der Waals surface area contributed by atoms with Crippen molar-refractivity contribution in [3.05, 3.63) is 53.1 Å². The van der Waals surface area contributed by atoms with Crippen molar-refractivity contribution in [2.45, 2.75) is 76.2 Å². The third-order valence-corrected chi connectivity index (χ3v) is 6.90. The molecular weight excluding hydrogens is 416 g/mol. The van der Waals surface area contributed by atoms with E-state index in [0.717, 1.165) is 32.1 Å². The van der Waals surface area contributed by atoms with Crippen LogP contribution in [0, 0.1) is 6.92 Å². The SMILES string of the molecule is CCC1(OC(=O)c2ccc(Oc3cc(C(C)C)c(S(=O)(=O)O)cc3C)cc2)CCCC1. The van der Waals surface area contributed by atoms with Crippen LogP contribution in [0.2, 0.25) is 0 Å². The molecule has 1 saturated carbocycles. The molecule has 1 aliphatic rings. The molecule has 7 heteroatoms. The highest BCUT2D eigenvalue weighted by atomic mass is 32.2. The van der Waals surface area contributed by atoms with E-state index in [4.69, 9.17) is 9.47 Å². The van der Waals surface area contributed by atoms with Crippen molar-refractivity contribution < 1.29 is 27.2 Å². The quantitative estimate of drug-likeness (QED) is 0.412. The lowest BCUT2D eigenvalue weighted by atomic mass is 9.98. The van der Waals surface area contributed by atoms with Gasteiger partial charge in [-0.05, 0) is 92.5 Å². The zero-order valence-electron chi connectivity index (χ0n) is 18.5. The molecule has 1 N–H and O–H groups in total. The summed E-state index contributed by atoms with van der Waals surface area (Å²) in [5.41, 5.74) is 1.18. The lowest BCUT2D eigenvalue weighted by molar-refractivity contribution is -0.0172. The number of carbonyl (C=O) groups excluding carboxylic acids is 1. The van der Waals surface area contributed by atoms with Crippen LogP contribution in [0.1, 0.15) is 80.3 Å². The van der Waals surface area contributed by atoms with Crippen molar-refractivity contribution in [1.82, 2.24) is 0 Å². The fourth-order valence-electron chi connectivity index (χ4n) is 4.05. The molecule has 31 heavy (non-hydrogen) atoms. The van der Waals surface area contributed by atoms with Crippen molar-refractivity contribution in [1.29, 1.82) is 0 Å². The second kappa shape index (κ2) is 9.01. The van der Waals surface area contributed by atoms with Crippen molar-refractivity contribution >= 4 is 16.1 Å². The number of benzene rings is 2. The molecule has 168 valence electrons. The van der Waals surface area contributed by atoms with Crippen LogP contribution < -0.4 is 4.74 Å². The third-order valence-electron chi connectivity index (χ3n) is 5.99. The van der Waals surface area contributed by atoms with Gasteiger partial charge in [-0.15, -0.1) is 0 Å². The number of hydrogen-bond acceptors (Lipinski definition) is 5. The predicted octanol–water partition coefficient (Wildman–Crippen LogP) is 6.04. The van der Waals surface area contributed by atoms with Gasteiger partial charge in [0, 0.05) is 0 Å². The van der Waals surface area contributed by atoms with Gasteiger partial charge in [0.05, 0.1) is 10.5 Å². The van der Waals surface area contributed by atoms with Crippen molar-refractivity contribution in [2.75, 3.05) is 0 Å². The Morgan fingerprint density at radius 2 is 1.74 bits per heavy atom. The average Bonchev–Trinajstić information content (AvgIpc) is 3.17. The molecule has 6 nitrogen and oxygen atoms in total. The second-order valence-corrected chi connectivity index (χ2v) is 9.93. The number of aryl methyl sites for hydroxylation is 1. The zero-order valence-corrected chi connectivity index (χ0v) is 19.3. The third kappa shape index (κ3) is 5.28. The van der Waals surface area contributed by atoms with E-state index in [1.807, 2.05) is 13.8 Å². The Morgan fingerprint density at radius 3 is 2.26 bits per heavy atom. The van der Waals surface area contributed by atoms with Gasteiger partial charge >= 0.3 is 5.97 Å². The predicted molar refractivity (Wildman–Crippen MR) is 119 cm³/mol. The molecule has 0 heterocycles. The van der Waals surface area contributed by atoms with Gasteiger partial charge in [0.25, 0.3) is 10.1 Å². The number of hydrogen-bond donors (Lipinski definition) is 1. The maximum absolute atomic E-state index is 12.6. The van der Waals surface area contributed by atoms with Gasteiger partial charge in [0.15, 0.2) is 0 Å². The molecule has 2 aromatic carbocycles. The van der Waals surface area contributed by atoms with E-state index in [0.29, 0.717) is 28.2 Å². The van der Waals surface area contributed by atoms with E-state index in [1.54, 1.807) is 37.3 Å². The van der Waals surface area contributed by atoms with E-state index in [2.05, 4.69) is 6.92 Å². The Morgan fingerprint density at radius 1 is 1.13 bits per heavy atom. The van der Waals surface area contributed by atoms with Gasteiger partial charge in [0.1, 0.15) is 17.1 Å². The van der Waals surface area contributed by atoms with Crippen LogP contribution in [0.4, 0.5) is 0 Å². The fourth-order valence-corrected chi connectivity index (χ4v) is 4.97. The van der Waals surface area contributed by atoms with E-state index >= 15 is 0 Å². The van der Waals surface area contributed by atoms with Crippen LogP contribution in [0.25, 0.3) is 0 Å². The van der Waals surface area contributed by atoms with E-state index in [9.17, 15) is 17.8 Å². The van der Waals surface area contributed by atoms with Crippen molar-refractivity contribution in [2.24, 2.45) is 0 Å². The molecule has 2 aromatic rings. The molecule has 0 bridgehead atoms. The maximum atomic E-state index is 12.6. The largest absolute Gasteiger partial charge is 0.457 e. The van der Waals surface area contributed by atoms with E-state index < -0.39 is 10.1 Å². The summed E-state index contributed by atoms with van der Waals surface area (Å²) in [4.78, 5) is 12.5. The number of rotatable bonds is 7. The summed E-state index contributed by atoms with van der Waals surface area (Å²) in [6.45, 7) is 7.45. The minimum Gasteiger partial charge on any atom is -0.457 e. The molecule has 0 amide bonds. The second-order valence-electron chi connectivity index (χ2n) is 8.54. The molecule has 0 radical (unpaired) electrons. The minimum atomic E-state index is -4.33. The summed E-state index contributed by atoms with van der Waals surface area (Å²) in [5, 5.41) is 0. The molecule has 1 fully saturated rings. The van der Waals surface area contributed by atoms with Crippen molar-refractivity contribution in [3.8, 4) is 11.5 Å². The Bertz CT molecular complexity index is 1050. The number of ether oxygens (including phenoxy) is 2. The van der Waals surface area contributed by atoms with Crippen molar-refractivity contribution in [3.63, 3.8) is 0 Å². The lowest BCUT2D eigenvalue weighted by Gasteiger charge is -2.27. The maximum Gasteiger partial charge on any atom is 0.338 e. The Labute approximate surface area is 184 Å². The number of carbonyl (C=O) groups is 1. The molecule has 0 unspecified atom stereocenters. The van der Waals surface area contributed by atoms with Crippen LogP contribution in [-0.4, -0.2) is 24.5 Å². The van der Waals surface area contributed by atoms with Gasteiger partial charge in [0.2, 0.25) is 0 Å². The standard InChI is InChI=1S/C24H30O6S/c1-5-24(12-6-7-13-24)30-23(25)18-8-10-19(11-9-18)29-21-15-20(16(2)3)22(14-17(21)4)31(26,27)28/h8-11,14-16H,5-7,12-13H2,1-4H3,(H,26,27,28). The summed E-state index contributed by atoms with van der Waals surface area (Å²) in [6, 6.07) is 9.76. The first-order chi connectivity index (χ1) is 14.5. The normalized spacial score (nSPS) is 15.8. The van der Waals surface area contributed by atoms with Crippen LogP contribution in [0.5, 0.6) is 11.5 Å². The molecule has 0 saturated heterocycles. The minimum absolute atomic E-state index is 0.109. The molecule has 0 aliphatic heterocycles. The smallest absolute Gasteiger partial charge is 0.338 e. The highest BCUT2D eigenvalue weighted by molar-refractivity contribution is 7.85. The summed E-state index contributed by atoms with van der Waals surface area (Å²) < 4.78 is 44.8. The Kier molecular flexibility index (Phi) is 6.76. The van der Waals surface area contributed by atoms with Crippen LogP contribution in [0.15, 0.2) is 41.3 Å². The molecular formula is C24H30O6S. The first kappa shape index (κ1) is 23.3. The molecule has 3 rings (SSSR count). The van der Waals surface area contributed by atoms with Gasteiger partial charge in [-0.1, -0.05) is 20.8 Å². The lowest BCUT2D eigenvalue weighted by Crippen LogP contribution is -2.31. The topological polar surface area (TPSA) is 89.9 Å². The molecule has 0 spiro atoms. The summed E-state index contributed by atoms with van der Waals surface area (Å²) in [7, 11) is -4.33. The van der Waals surface area contributed by atoms with Gasteiger partial charge < -0.3 is 9.47 Å². The monoisotopic (exact) mass is 446 g/mol. The molecule has 1 aliphatic carbocycles. The molecule has 0 atom stereocenters. The zero-order chi connectivity index (χ0) is 22.8. The summed E-state index contributed by atoms with van der Waals surface area (Å²) in [5.74, 6) is 0.548. The van der Waals surface area contributed by atoms with Crippen LogP contribution >= 0.6 is 0 Å². The first-order valence-electron chi connectivity index (χ1n) is 10.7. The highest BCUT2D eigenvalue weighted by Gasteiger charge is 2.36.